The van der Waals surface area contributed by atoms with Crippen LogP contribution < -0.4 is 5.32 Å². The van der Waals surface area contributed by atoms with E-state index in [2.05, 4.69) is 16.4 Å². The highest BCUT2D eigenvalue weighted by Crippen LogP contribution is 2.28. The lowest BCUT2D eigenvalue weighted by Gasteiger charge is -2.12. The van der Waals surface area contributed by atoms with Crippen LogP contribution in [-0.4, -0.2) is 25.8 Å². The molecule has 0 aliphatic heterocycles. The third kappa shape index (κ3) is 4.44. The second-order valence-electron chi connectivity index (χ2n) is 7.11. The molecule has 0 fully saturated rings. The van der Waals surface area contributed by atoms with Gasteiger partial charge in [-0.15, -0.1) is 0 Å². The van der Waals surface area contributed by atoms with Crippen molar-refractivity contribution in [3.05, 3.63) is 82.7 Å². The maximum Gasteiger partial charge on any atom is 0.235 e. The number of hydrogen-bond donors (Lipinski definition) is 1. The van der Waals surface area contributed by atoms with Crippen molar-refractivity contribution in [2.24, 2.45) is 0 Å². The second kappa shape index (κ2) is 9.39. The van der Waals surface area contributed by atoms with Crippen LogP contribution in [0.15, 0.2) is 64.6 Å². The van der Waals surface area contributed by atoms with Crippen LogP contribution in [0.1, 0.15) is 22.6 Å². The van der Waals surface area contributed by atoms with Crippen molar-refractivity contribution < 1.29 is 9.21 Å². The van der Waals surface area contributed by atoms with Crippen LogP contribution >= 0.6 is 23.4 Å². The fourth-order valence-electron chi connectivity index (χ4n) is 3.40. The van der Waals surface area contributed by atoms with Crippen molar-refractivity contribution in [2.45, 2.75) is 25.5 Å². The maximum atomic E-state index is 12.8. The minimum absolute atomic E-state index is 0.131. The Kier molecular flexibility index (Phi) is 6.40. The Hall–Kier alpha value is -3.41. The summed E-state index contributed by atoms with van der Waals surface area (Å²) in [6.07, 6.45) is 5.10. The number of benzene rings is 1. The summed E-state index contributed by atoms with van der Waals surface area (Å²) in [5.74, 6) is 1.11. The molecule has 1 N–H and O–H groups in total. The van der Waals surface area contributed by atoms with Crippen LogP contribution in [0.3, 0.4) is 0 Å². The fourth-order valence-corrected chi connectivity index (χ4v) is 4.36. The molecule has 4 rings (SSSR count). The van der Waals surface area contributed by atoms with Crippen molar-refractivity contribution in [2.75, 3.05) is 11.1 Å². The number of carbonyl (C=O) groups is 1. The number of amides is 1. The number of imidazole rings is 1. The van der Waals surface area contributed by atoms with Gasteiger partial charge in [-0.1, -0.05) is 29.4 Å². The van der Waals surface area contributed by atoms with E-state index in [9.17, 15) is 10.1 Å². The van der Waals surface area contributed by atoms with Crippen LogP contribution in [0.2, 0.25) is 5.02 Å². The van der Waals surface area contributed by atoms with Crippen LogP contribution in [0.4, 0.5) is 5.82 Å². The molecule has 7 nitrogen and oxygen atoms in total. The number of carbonyl (C=O) groups excluding carboxylic acids is 1. The number of halogens is 1. The first-order valence-corrected chi connectivity index (χ1v) is 11.2. The Balaban J connectivity index is 1.52. The highest BCUT2D eigenvalue weighted by atomic mass is 35.5. The lowest BCUT2D eigenvalue weighted by molar-refractivity contribution is -0.113. The Morgan fingerprint density at radius 2 is 2.16 bits per heavy atom. The molecule has 0 radical (unpaired) electrons. The molecular weight excluding hydrogens is 446 g/mol. The number of thioether (sulfide) groups is 1. The van der Waals surface area contributed by atoms with E-state index in [0.717, 1.165) is 22.7 Å². The lowest BCUT2D eigenvalue weighted by Crippen LogP contribution is -2.18. The lowest BCUT2D eigenvalue weighted by atomic mass is 10.2. The van der Waals surface area contributed by atoms with Gasteiger partial charge in [0.05, 0.1) is 24.1 Å². The zero-order valence-electron chi connectivity index (χ0n) is 17.5. The molecule has 0 spiro atoms. The standard InChI is InChI=1S/C23H20ClN5O2S/c1-15-16(2)29(13-19-7-4-10-31-19)22(20(15)12-25)27-21(30)14-32-23-26-8-9-28(23)18-6-3-5-17(24)11-18/h3-11H,13-14H2,1-2H3,(H,27,30). The Morgan fingerprint density at radius 3 is 2.88 bits per heavy atom. The third-order valence-electron chi connectivity index (χ3n) is 5.12. The van der Waals surface area contributed by atoms with Gasteiger partial charge in [0.1, 0.15) is 17.6 Å². The monoisotopic (exact) mass is 465 g/mol. The predicted molar refractivity (Wildman–Crippen MR) is 124 cm³/mol. The number of rotatable bonds is 7. The smallest absolute Gasteiger partial charge is 0.235 e. The summed E-state index contributed by atoms with van der Waals surface area (Å²) in [6, 6.07) is 13.3. The van der Waals surface area contributed by atoms with Gasteiger partial charge in [0.15, 0.2) is 5.16 Å². The molecule has 0 unspecified atom stereocenters. The minimum Gasteiger partial charge on any atom is -0.467 e. The predicted octanol–water partition coefficient (Wildman–Crippen LogP) is 5.19. The zero-order valence-corrected chi connectivity index (χ0v) is 19.1. The molecule has 32 heavy (non-hydrogen) atoms. The molecule has 3 heterocycles. The molecule has 0 saturated heterocycles. The molecule has 3 aromatic heterocycles. The maximum absolute atomic E-state index is 12.8. The van der Waals surface area contributed by atoms with Gasteiger partial charge < -0.3 is 14.3 Å². The molecule has 0 saturated carbocycles. The van der Waals surface area contributed by atoms with Crippen molar-refractivity contribution in [1.82, 2.24) is 14.1 Å². The summed E-state index contributed by atoms with van der Waals surface area (Å²) < 4.78 is 9.22. The number of aromatic nitrogens is 3. The molecule has 4 aromatic rings. The summed E-state index contributed by atoms with van der Waals surface area (Å²) in [7, 11) is 0. The largest absolute Gasteiger partial charge is 0.467 e. The third-order valence-corrected chi connectivity index (χ3v) is 6.32. The number of nitriles is 1. The van der Waals surface area contributed by atoms with Crippen molar-refractivity contribution >= 4 is 35.1 Å². The first kappa shape index (κ1) is 21.8. The quantitative estimate of drug-likeness (QED) is 0.379. The van der Waals surface area contributed by atoms with E-state index >= 15 is 0 Å². The highest BCUT2D eigenvalue weighted by molar-refractivity contribution is 7.99. The molecule has 162 valence electrons. The number of nitrogens with one attached hydrogen (secondary N) is 1. The number of furan rings is 1. The van der Waals surface area contributed by atoms with Crippen LogP contribution in [0.25, 0.3) is 5.69 Å². The van der Waals surface area contributed by atoms with Gasteiger partial charge in [-0.3, -0.25) is 9.36 Å². The number of hydrogen-bond acceptors (Lipinski definition) is 5. The summed E-state index contributed by atoms with van der Waals surface area (Å²) in [5, 5.41) is 13.9. The normalized spacial score (nSPS) is 10.8. The van der Waals surface area contributed by atoms with Gasteiger partial charge in [0, 0.05) is 28.8 Å². The Bertz CT molecular complexity index is 1300. The first-order chi connectivity index (χ1) is 15.5. The average molecular weight is 466 g/mol. The molecular formula is C23H20ClN5O2S. The summed E-state index contributed by atoms with van der Waals surface area (Å²) in [5.41, 5.74) is 3.05. The molecule has 0 atom stereocenters. The van der Waals surface area contributed by atoms with Gasteiger partial charge in [0.2, 0.25) is 5.91 Å². The molecule has 0 bridgehead atoms. The molecule has 0 aliphatic carbocycles. The van der Waals surface area contributed by atoms with Crippen molar-refractivity contribution in [3.8, 4) is 11.8 Å². The summed E-state index contributed by atoms with van der Waals surface area (Å²) in [4.78, 5) is 17.2. The van der Waals surface area contributed by atoms with Crippen molar-refractivity contribution in [3.63, 3.8) is 0 Å². The Labute approximate surface area is 194 Å². The van der Waals surface area contributed by atoms with Crippen LogP contribution in [0, 0.1) is 25.2 Å². The fraction of sp³-hybridized carbons (Fsp3) is 0.174. The van der Waals surface area contributed by atoms with Gasteiger partial charge in [-0.25, -0.2) is 4.98 Å². The minimum atomic E-state index is -0.231. The van der Waals surface area contributed by atoms with E-state index in [4.69, 9.17) is 16.0 Å². The number of nitrogens with zero attached hydrogens (tertiary/aromatic N) is 4. The van der Waals surface area contributed by atoms with E-state index in [-0.39, 0.29) is 11.7 Å². The van der Waals surface area contributed by atoms with Crippen molar-refractivity contribution in [1.29, 1.82) is 5.26 Å². The summed E-state index contributed by atoms with van der Waals surface area (Å²) in [6.45, 7) is 4.22. The van der Waals surface area contributed by atoms with E-state index in [1.54, 1.807) is 18.5 Å². The molecule has 1 amide bonds. The zero-order chi connectivity index (χ0) is 22.7. The molecule has 1 aromatic carbocycles. The van der Waals surface area contributed by atoms with Crippen LogP contribution in [-0.2, 0) is 11.3 Å². The van der Waals surface area contributed by atoms with E-state index in [0.29, 0.717) is 28.1 Å². The van der Waals surface area contributed by atoms with E-state index in [1.165, 1.54) is 11.8 Å². The molecule has 9 heteroatoms. The van der Waals surface area contributed by atoms with E-state index in [1.807, 2.05) is 59.5 Å². The topological polar surface area (TPSA) is 88.8 Å². The van der Waals surface area contributed by atoms with E-state index < -0.39 is 0 Å². The van der Waals surface area contributed by atoms with Gasteiger partial charge in [0.25, 0.3) is 0 Å². The Morgan fingerprint density at radius 1 is 1.31 bits per heavy atom. The van der Waals surface area contributed by atoms with Gasteiger partial charge >= 0.3 is 0 Å². The SMILES string of the molecule is Cc1c(C#N)c(NC(=O)CSc2nccn2-c2cccc(Cl)c2)n(Cc2ccco2)c1C. The highest BCUT2D eigenvalue weighted by Gasteiger charge is 2.21. The second-order valence-corrected chi connectivity index (χ2v) is 8.49. The van der Waals surface area contributed by atoms with Gasteiger partial charge in [-0.05, 0) is 49.7 Å². The average Bonchev–Trinajstić information content (AvgIpc) is 3.51. The molecule has 0 aliphatic rings. The van der Waals surface area contributed by atoms with Gasteiger partial charge in [-0.2, -0.15) is 5.26 Å². The summed E-state index contributed by atoms with van der Waals surface area (Å²) >= 11 is 7.40. The van der Waals surface area contributed by atoms with Crippen LogP contribution in [0.5, 0.6) is 0 Å². The first-order valence-electron chi connectivity index (χ1n) is 9.82. The number of anilines is 1.